The van der Waals surface area contributed by atoms with Gasteiger partial charge in [0.25, 0.3) is 0 Å². The van der Waals surface area contributed by atoms with Crippen molar-refractivity contribution in [2.24, 2.45) is 5.92 Å². The number of carbonyl (C=O) groups excluding carboxylic acids is 1. The molecule has 0 bridgehead atoms. The summed E-state index contributed by atoms with van der Waals surface area (Å²) in [6, 6.07) is 0. The maximum absolute atomic E-state index is 12.0. The first kappa shape index (κ1) is 13.2. The Balaban J connectivity index is 2.35. The van der Waals surface area contributed by atoms with Gasteiger partial charge in [-0.15, -0.1) is 6.58 Å². The van der Waals surface area contributed by atoms with E-state index >= 15 is 0 Å². The first-order valence-corrected chi connectivity index (χ1v) is 5.95. The molecule has 92 valence electrons. The summed E-state index contributed by atoms with van der Waals surface area (Å²) >= 11 is 0. The summed E-state index contributed by atoms with van der Waals surface area (Å²) in [7, 11) is 1.88. The highest BCUT2D eigenvalue weighted by Gasteiger charge is 2.23. The van der Waals surface area contributed by atoms with Crippen LogP contribution in [-0.4, -0.2) is 62.0 Å². The summed E-state index contributed by atoms with van der Waals surface area (Å²) in [5.74, 6) is 0.351. The van der Waals surface area contributed by atoms with Gasteiger partial charge >= 0.3 is 0 Å². The zero-order chi connectivity index (χ0) is 12.0. The van der Waals surface area contributed by atoms with Crippen LogP contribution in [0.4, 0.5) is 0 Å². The lowest BCUT2D eigenvalue weighted by molar-refractivity contribution is -0.136. The van der Waals surface area contributed by atoms with Gasteiger partial charge in [0.05, 0.1) is 0 Å². The molecule has 0 aromatic carbocycles. The van der Waals surface area contributed by atoms with Crippen LogP contribution in [0.3, 0.4) is 0 Å². The zero-order valence-corrected chi connectivity index (χ0v) is 10.4. The highest BCUT2D eigenvalue weighted by molar-refractivity contribution is 5.78. The van der Waals surface area contributed by atoms with E-state index in [0.29, 0.717) is 0 Å². The average molecular weight is 225 g/mol. The van der Waals surface area contributed by atoms with E-state index in [1.807, 2.05) is 24.9 Å². The molecule has 4 heteroatoms. The van der Waals surface area contributed by atoms with Crippen molar-refractivity contribution in [1.29, 1.82) is 0 Å². The monoisotopic (exact) mass is 225 g/mol. The van der Waals surface area contributed by atoms with Gasteiger partial charge in [-0.1, -0.05) is 13.0 Å². The second kappa shape index (κ2) is 6.66. The lowest BCUT2D eigenvalue weighted by Gasteiger charge is -2.35. The minimum atomic E-state index is 0.0796. The maximum Gasteiger partial charge on any atom is 0.226 e. The largest absolute Gasteiger partial charge is 0.340 e. The van der Waals surface area contributed by atoms with Crippen molar-refractivity contribution < 1.29 is 4.79 Å². The molecule has 1 atom stereocenters. The molecule has 1 N–H and O–H groups in total. The van der Waals surface area contributed by atoms with Crippen LogP contribution in [0.15, 0.2) is 12.7 Å². The third-order valence-electron chi connectivity index (χ3n) is 3.00. The number of hydrogen-bond donors (Lipinski definition) is 1. The van der Waals surface area contributed by atoms with Crippen LogP contribution in [0.1, 0.15) is 6.92 Å². The number of nitrogens with zero attached hydrogens (tertiary/aromatic N) is 2. The average Bonchev–Trinajstić information content (AvgIpc) is 2.30. The Morgan fingerprint density at radius 3 is 2.56 bits per heavy atom. The van der Waals surface area contributed by atoms with Crippen molar-refractivity contribution in [3.63, 3.8) is 0 Å². The summed E-state index contributed by atoms with van der Waals surface area (Å²) in [5, 5.41) is 3.05. The Labute approximate surface area is 98.3 Å². The van der Waals surface area contributed by atoms with E-state index in [0.717, 1.165) is 39.3 Å². The molecule has 1 heterocycles. The lowest BCUT2D eigenvalue weighted by Crippen LogP contribution is -2.50. The number of piperazine rings is 1. The third kappa shape index (κ3) is 3.61. The SMILES string of the molecule is C=CCN1CCN(C(=O)C(C)CNC)CC1. The van der Waals surface area contributed by atoms with Crippen molar-refractivity contribution in [2.45, 2.75) is 6.92 Å². The van der Waals surface area contributed by atoms with E-state index in [1.54, 1.807) is 0 Å². The predicted molar refractivity (Wildman–Crippen MR) is 66.3 cm³/mol. The predicted octanol–water partition coefficient (Wildman–Crippen LogP) is 0.172. The van der Waals surface area contributed by atoms with Crippen LogP contribution in [-0.2, 0) is 4.79 Å². The van der Waals surface area contributed by atoms with Crippen molar-refractivity contribution >= 4 is 5.91 Å². The van der Waals surface area contributed by atoms with E-state index in [9.17, 15) is 4.79 Å². The van der Waals surface area contributed by atoms with Crippen molar-refractivity contribution in [1.82, 2.24) is 15.1 Å². The summed E-state index contributed by atoms with van der Waals surface area (Å²) in [6.07, 6.45) is 1.92. The van der Waals surface area contributed by atoms with Gasteiger partial charge in [-0.3, -0.25) is 9.69 Å². The molecule has 1 unspecified atom stereocenters. The Bertz CT molecular complexity index is 234. The van der Waals surface area contributed by atoms with Gasteiger partial charge in [0, 0.05) is 45.2 Å². The summed E-state index contributed by atoms with van der Waals surface area (Å²) in [5.41, 5.74) is 0. The molecule has 1 fully saturated rings. The van der Waals surface area contributed by atoms with Crippen LogP contribution in [0.5, 0.6) is 0 Å². The number of nitrogens with one attached hydrogen (secondary N) is 1. The summed E-state index contributed by atoms with van der Waals surface area (Å²) in [4.78, 5) is 16.3. The minimum Gasteiger partial charge on any atom is -0.340 e. The van der Waals surface area contributed by atoms with E-state index in [-0.39, 0.29) is 11.8 Å². The molecule has 0 spiro atoms. The zero-order valence-electron chi connectivity index (χ0n) is 10.4. The van der Waals surface area contributed by atoms with Crippen LogP contribution in [0.25, 0.3) is 0 Å². The normalized spacial score (nSPS) is 19.5. The van der Waals surface area contributed by atoms with E-state index in [2.05, 4.69) is 16.8 Å². The number of carbonyl (C=O) groups is 1. The van der Waals surface area contributed by atoms with Crippen molar-refractivity contribution in [3.8, 4) is 0 Å². The number of hydrogen-bond acceptors (Lipinski definition) is 3. The molecule has 1 aliphatic rings. The topological polar surface area (TPSA) is 35.6 Å². The van der Waals surface area contributed by atoms with Gasteiger partial charge in [-0.25, -0.2) is 0 Å². The van der Waals surface area contributed by atoms with Gasteiger partial charge in [0.2, 0.25) is 5.91 Å². The molecule has 4 nitrogen and oxygen atoms in total. The van der Waals surface area contributed by atoms with Crippen LogP contribution < -0.4 is 5.32 Å². The number of rotatable bonds is 5. The standard InChI is InChI=1S/C12H23N3O/c1-4-5-14-6-8-15(9-7-14)12(16)11(2)10-13-3/h4,11,13H,1,5-10H2,2-3H3. The van der Waals surface area contributed by atoms with Gasteiger partial charge in [0.15, 0.2) is 0 Å². The fraction of sp³-hybridized carbons (Fsp3) is 0.750. The third-order valence-corrected chi connectivity index (χ3v) is 3.00. The number of amides is 1. The van der Waals surface area contributed by atoms with Crippen molar-refractivity contribution in [3.05, 3.63) is 12.7 Å². The molecule has 0 aromatic rings. The Hall–Kier alpha value is -0.870. The molecule has 1 amide bonds. The molecule has 1 saturated heterocycles. The second-order valence-corrected chi connectivity index (χ2v) is 4.37. The molecule has 0 aliphatic carbocycles. The molecule has 0 aromatic heterocycles. The van der Waals surface area contributed by atoms with Crippen LogP contribution in [0.2, 0.25) is 0 Å². The van der Waals surface area contributed by atoms with Gasteiger partial charge in [0.1, 0.15) is 0 Å². The Kier molecular flexibility index (Phi) is 5.49. The molecule has 16 heavy (non-hydrogen) atoms. The molecule has 0 radical (unpaired) electrons. The maximum atomic E-state index is 12.0. The lowest BCUT2D eigenvalue weighted by atomic mass is 10.1. The van der Waals surface area contributed by atoms with E-state index < -0.39 is 0 Å². The van der Waals surface area contributed by atoms with Crippen molar-refractivity contribution in [2.75, 3.05) is 46.3 Å². The first-order valence-electron chi connectivity index (χ1n) is 5.95. The molecular weight excluding hydrogens is 202 g/mol. The quantitative estimate of drug-likeness (QED) is 0.678. The minimum absolute atomic E-state index is 0.0796. The van der Waals surface area contributed by atoms with Gasteiger partial charge < -0.3 is 10.2 Å². The Morgan fingerprint density at radius 1 is 1.44 bits per heavy atom. The Morgan fingerprint density at radius 2 is 2.06 bits per heavy atom. The van der Waals surface area contributed by atoms with Crippen LogP contribution >= 0.6 is 0 Å². The molecule has 1 aliphatic heterocycles. The van der Waals surface area contributed by atoms with Gasteiger partial charge in [-0.2, -0.15) is 0 Å². The second-order valence-electron chi connectivity index (χ2n) is 4.37. The van der Waals surface area contributed by atoms with Gasteiger partial charge in [-0.05, 0) is 7.05 Å². The highest BCUT2D eigenvalue weighted by atomic mass is 16.2. The summed E-state index contributed by atoms with van der Waals surface area (Å²) < 4.78 is 0. The molecule has 0 saturated carbocycles. The smallest absolute Gasteiger partial charge is 0.226 e. The van der Waals surface area contributed by atoms with Crippen LogP contribution in [0, 0.1) is 5.92 Å². The fourth-order valence-corrected chi connectivity index (χ4v) is 2.04. The molecule has 1 rings (SSSR count). The fourth-order valence-electron chi connectivity index (χ4n) is 2.04. The van der Waals surface area contributed by atoms with E-state index in [1.165, 1.54) is 0 Å². The first-order chi connectivity index (χ1) is 7.69. The van der Waals surface area contributed by atoms with E-state index in [4.69, 9.17) is 0 Å². The molecular formula is C12H23N3O. The summed E-state index contributed by atoms with van der Waals surface area (Å²) in [6.45, 7) is 11.0. The highest BCUT2D eigenvalue weighted by Crippen LogP contribution is 2.06.